The number of piperidine rings is 1. The van der Waals surface area contributed by atoms with Gasteiger partial charge in [-0.25, -0.2) is 9.37 Å². The Morgan fingerprint density at radius 1 is 1.26 bits per heavy atom. The second-order valence-electron chi connectivity index (χ2n) is 11.4. The van der Waals surface area contributed by atoms with Gasteiger partial charge >= 0.3 is 0 Å². The standard InChI is InChI=1S/C29H35ClFN5O2/c1-4-20-26(23-7-8-35(3)34-23)27(20)28(37)33-25-13-18-11-21(22(30)12-19(18)14-32-25)17-5-9-36(10-6-17)29(2)16-38-15-24(29)31/h7-8,11-14,17,20,24,26-27H,4-6,9-10,15-16H2,1-3H3,(H,32,33,37)/t20-,24+,26?,27-,29-/m0/s1. The Morgan fingerprint density at radius 2 is 2.05 bits per heavy atom. The Kier molecular flexibility index (Phi) is 6.69. The first-order valence-electron chi connectivity index (χ1n) is 13.6. The molecule has 0 bridgehead atoms. The molecule has 202 valence electrons. The molecular weight excluding hydrogens is 505 g/mol. The molecule has 1 amide bonds. The molecule has 6 rings (SSSR count). The van der Waals surface area contributed by atoms with Gasteiger partial charge in [-0.2, -0.15) is 5.10 Å². The van der Waals surface area contributed by atoms with Gasteiger partial charge in [0.2, 0.25) is 5.91 Å². The lowest BCUT2D eigenvalue weighted by Crippen LogP contribution is -2.55. The fourth-order valence-electron chi connectivity index (χ4n) is 6.66. The molecule has 3 aromatic rings. The highest BCUT2D eigenvalue weighted by Crippen LogP contribution is 2.55. The Balaban J connectivity index is 1.16. The molecule has 38 heavy (non-hydrogen) atoms. The van der Waals surface area contributed by atoms with Crippen LogP contribution >= 0.6 is 11.6 Å². The van der Waals surface area contributed by atoms with Crippen LogP contribution in [0.3, 0.4) is 0 Å². The lowest BCUT2D eigenvalue weighted by atomic mass is 9.85. The number of alkyl halides is 1. The van der Waals surface area contributed by atoms with Crippen LogP contribution in [0, 0.1) is 11.8 Å². The number of amides is 1. The number of carbonyl (C=O) groups excluding carboxylic acids is 1. The number of rotatable bonds is 6. The molecule has 2 aliphatic heterocycles. The van der Waals surface area contributed by atoms with Crippen molar-refractivity contribution in [3.8, 4) is 0 Å². The fourth-order valence-corrected chi connectivity index (χ4v) is 6.98. The molecule has 1 unspecified atom stereocenters. The molecule has 5 atom stereocenters. The SMILES string of the molecule is CC[C@H]1C(c2ccn(C)n2)[C@H]1C(=O)Nc1cc2cc(C3CCN([C@@]4(C)COC[C@H]4F)CC3)c(Cl)cc2cn1. The molecule has 0 radical (unpaired) electrons. The van der Waals surface area contributed by atoms with Crippen molar-refractivity contribution in [3.63, 3.8) is 0 Å². The number of ether oxygens (including phenoxy) is 1. The normalized spacial score (nSPS) is 30.1. The van der Waals surface area contributed by atoms with Crippen LogP contribution in [0.1, 0.15) is 56.2 Å². The summed E-state index contributed by atoms with van der Waals surface area (Å²) in [5, 5.41) is 10.3. The Bertz CT molecular complexity index is 1360. The van der Waals surface area contributed by atoms with Crippen LogP contribution in [0.4, 0.5) is 10.2 Å². The molecule has 3 aliphatic rings. The number of nitrogens with one attached hydrogen (secondary N) is 1. The minimum absolute atomic E-state index is 0.00327. The number of benzene rings is 1. The summed E-state index contributed by atoms with van der Waals surface area (Å²) in [6.07, 6.45) is 5.50. The highest BCUT2D eigenvalue weighted by molar-refractivity contribution is 6.32. The number of aryl methyl sites for hydroxylation is 1. The van der Waals surface area contributed by atoms with E-state index in [4.69, 9.17) is 16.3 Å². The van der Waals surface area contributed by atoms with Gasteiger partial charge in [0, 0.05) is 35.8 Å². The van der Waals surface area contributed by atoms with E-state index in [9.17, 15) is 9.18 Å². The van der Waals surface area contributed by atoms with Gasteiger partial charge in [-0.3, -0.25) is 14.4 Å². The number of aromatic nitrogens is 3. The van der Waals surface area contributed by atoms with Crippen molar-refractivity contribution in [1.29, 1.82) is 0 Å². The van der Waals surface area contributed by atoms with Gasteiger partial charge in [-0.1, -0.05) is 24.9 Å². The fraction of sp³-hybridized carbons (Fsp3) is 0.552. The van der Waals surface area contributed by atoms with Crippen molar-refractivity contribution in [2.24, 2.45) is 18.9 Å². The van der Waals surface area contributed by atoms with E-state index in [2.05, 4.69) is 33.3 Å². The van der Waals surface area contributed by atoms with Crippen molar-refractivity contribution in [2.45, 2.75) is 56.7 Å². The summed E-state index contributed by atoms with van der Waals surface area (Å²) in [6, 6.07) is 8.04. The maximum Gasteiger partial charge on any atom is 0.229 e. The summed E-state index contributed by atoms with van der Waals surface area (Å²) < 4.78 is 21.7. The third-order valence-electron chi connectivity index (χ3n) is 9.10. The molecular formula is C29H35ClFN5O2. The maximum atomic E-state index is 14.5. The third kappa shape index (κ3) is 4.50. The van der Waals surface area contributed by atoms with Crippen molar-refractivity contribution in [2.75, 3.05) is 31.6 Å². The lowest BCUT2D eigenvalue weighted by Gasteiger charge is -2.43. The Hall–Kier alpha value is -2.55. The van der Waals surface area contributed by atoms with Crippen LogP contribution in [0.15, 0.2) is 36.7 Å². The van der Waals surface area contributed by atoms with Gasteiger partial charge in [0.15, 0.2) is 0 Å². The Labute approximate surface area is 227 Å². The van der Waals surface area contributed by atoms with E-state index < -0.39 is 11.7 Å². The average Bonchev–Trinajstić information content (AvgIpc) is 3.33. The molecule has 9 heteroatoms. The monoisotopic (exact) mass is 539 g/mol. The number of anilines is 1. The van der Waals surface area contributed by atoms with Crippen molar-refractivity contribution < 1.29 is 13.9 Å². The van der Waals surface area contributed by atoms with Crippen LogP contribution in [-0.2, 0) is 16.6 Å². The second-order valence-corrected chi connectivity index (χ2v) is 11.8. The maximum absolute atomic E-state index is 14.5. The summed E-state index contributed by atoms with van der Waals surface area (Å²) in [7, 11) is 1.90. The molecule has 2 saturated heterocycles. The molecule has 2 aromatic heterocycles. The molecule has 1 N–H and O–H groups in total. The highest BCUT2D eigenvalue weighted by Gasteiger charge is 2.55. The number of nitrogens with zero attached hydrogens (tertiary/aromatic N) is 4. The van der Waals surface area contributed by atoms with E-state index >= 15 is 0 Å². The zero-order valence-electron chi connectivity index (χ0n) is 22.2. The van der Waals surface area contributed by atoms with E-state index in [0.717, 1.165) is 59.4 Å². The number of hydrogen-bond acceptors (Lipinski definition) is 5. The van der Waals surface area contributed by atoms with Crippen LogP contribution < -0.4 is 5.32 Å². The number of carbonyl (C=O) groups is 1. The van der Waals surface area contributed by atoms with Gasteiger partial charge < -0.3 is 10.1 Å². The molecule has 1 saturated carbocycles. The lowest BCUT2D eigenvalue weighted by molar-refractivity contribution is -0.117. The molecule has 1 aliphatic carbocycles. The second kappa shape index (κ2) is 9.88. The Morgan fingerprint density at radius 3 is 2.71 bits per heavy atom. The first-order valence-corrected chi connectivity index (χ1v) is 14.0. The molecule has 4 heterocycles. The smallest absolute Gasteiger partial charge is 0.229 e. The number of fused-ring (bicyclic) bond motifs is 1. The summed E-state index contributed by atoms with van der Waals surface area (Å²) in [5.41, 5.74) is 1.55. The van der Waals surface area contributed by atoms with Gasteiger partial charge in [0.25, 0.3) is 0 Å². The molecule has 3 fully saturated rings. The first-order chi connectivity index (χ1) is 18.3. The van der Waals surface area contributed by atoms with Crippen LogP contribution in [0.2, 0.25) is 5.02 Å². The first kappa shape index (κ1) is 25.7. The number of hydrogen-bond donors (Lipinski definition) is 1. The minimum Gasteiger partial charge on any atom is -0.376 e. The van der Waals surface area contributed by atoms with Crippen LogP contribution in [-0.4, -0.2) is 63.6 Å². The van der Waals surface area contributed by atoms with Crippen molar-refractivity contribution in [3.05, 3.63) is 52.9 Å². The molecule has 0 spiro atoms. The van der Waals surface area contributed by atoms with Gasteiger partial charge in [0.05, 0.1) is 30.4 Å². The van der Waals surface area contributed by atoms with E-state index in [0.29, 0.717) is 24.3 Å². The molecule has 7 nitrogen and oxygen atoms in total. The van der Waals surface area contributed by atoms with Gasteiger partial charge in [-0.05, 0) is 79.9 Å². The average molecular weight is 540 g/mol. The number of likely N-dealkylation sites (tertiary alicyclic amines) is 1. The van der Waals surface area contributed by atoms with Gasteiger partial charge in [0.1, 0.15) is 12.0 Å². The summed E-state index contributed by atoms with van der Waals surface area (Å²) in [5.74, 6) is 1.21. The zero-order valence-corrected chi connectivity index (χ0v) is 22.9. The highest BCUT2D eigenvalue weighted by atomic mass is 35.5. The minimum atomic E-state index is -0.952. The molecule has 1 aromatic carbocycles. The summed E-state index contributed by atoms with van der Waals surface area (Å²) in [4.78, 5) is 19.9. The summed E-state index contributed by atoms with van der Waals surface area (Å²) in [6.45, 7) is 6.35. The van der Waals surface area contributed by atoms with E-state index in [1.54, 1.807) is 10.9 Å². The quantitative estimate of drug-likeness (QED) is 0.460. The zero-order chi connectivity index (χ0) is 26.6. The van der Waals surface area contributed by atoms with Crippen molar-refractivity contribution >= 4 is 34.1 Å². The third-order valence-corrected chi connectivity index (χ3v) is 9.42. The summed E-state index contributed by atoms with van der Waals surface area (Å²) >= 11 is 6.73. The topological polar surface area (TPSA) is 72.3 Å². The largest absolute Gasteiger partial charge is 0.376 e. The van der Waals surface area contributed by atoms with E-state index in [1.165, 1.54) is 0 Å². The van der Waals surface area contributed by atoms with Gasteiger partial charge in [-0.15, -0.1) is 0 Å². The van der Waals surface area contributed by atoms with E-state index in [1.807, 2.05) is 38.4 Å². The van der Waals surface area contributed by atoms with Crippen molar-refractivity contribution in [1.82, 2.24) is 19.7 Å². The number of halogens is 2. The predicted molar refractivity (Wildman–Crippen MR) is 146 cm³/mol. The van der Waals surface area contributed by atoms with E-state index in [-0.39, 0.29) is 24.3 Å². The van der Waals surface area contributed by atoms with Crippen LogP contribution in [0.25, 0.3) is 10.8 Å². The predicted octanol–water partition coefficient (Wildman–Crippen LogP) is 5.31. The number of pyridine rings is 1. The van der Waals surface area contributed by atoms with Crippen LogP contribution in [0.5, 0.6) is 0 Å².